The number of carbonyl (C=O) groups excluding carboxylic acids is 1. The van der Waals surface area contributed by atoms with E-state index in [4.69, 9.17) is 0 Å². The average molecular weight is 383 g/mol. The van der Waals surface area contributed by atoms with E-state index in [1.165, 1.54) is 12.1 Å². The minimum Gasteiger partial charge on any atom is -0.324 e. The molecule has 0 aliphatic carbocycles. The van der Waals surface area contributed by atoms with Crippen LogP contribution in [0.25, 0.3) is 0 Å². The molecule has 0 radical (unpaired) electrons. The lowest BCUT2D eigenvalue weighted by Crippen LogP contribution is -2.32. The molecule has 22 heavy (non-hydrogen) atoms. The molecule has 2 N–H and O–H groups in total. The predicted octanol–water partition coefficient (Wildman–Crippen LogP) is 2.67. The minimum atomic E-state index is -3.69. The van der Waals surface area contributed by atoms with E-state index in [2.05, 4.69) is 26.0 Å². The normalized spacial score (nSPS) is 11.2. The van der Waals surface area contributed by atoms with Crippen molar-refractivity contribution in [1.29, 1.82) is 0 Å². The zero-order valence-electron chi connectivity index (χ0n) is 11.8. The maximum absolute atomic E-state index is 12.0. The standard InChI is InChI=1S/C15H15BrN2O3S/c1-11-7-8-14(13(16)9-11)18-15(19)10-17-22(20,21)12-5-3-2-4-6-12/h2-9,17H,10H2,1H3,(H,18,19). The highest BCUT2D eigenvalue weighted by Crippen LogP contribution is 2.23. The molecule has 0 aliphatic rings. The smallest absolute Gasteiger partial charge is 0.241 e. The van der Waals surface area contributed by atoms with Crippen molar-refractivity contribution in [3.63, 3.8) is 0 Å². The number of nitrogens with one attached hydrogen (secondary N) is 2. The van der Waals surface area contributed by atoms with Crippen LogP contribution in [0.5, 0.6) is 0 Å². The lowest BCUT2D eigenvalue weighted by molar-refractivity contribution is -0.115. The summed E-state index contributed by atoms with van der Waals surface area (Å²) in [5.41, 5.74) is 1.64. The van der Waals surface area contributed by atoms with Gasteiger partial charge < -0.3 is 5.32 Å². The second kappa shape index (κ2) is 7.04. The molecule has 7 heteroatoms. The van der Waals surface area contributed by atoms with Gasteiger partial charge in [-0.1, -0.05) is 24.3 Å². The second-order valence-electron chi connectivity index (χ2n) is 4.67. The number of halogens is 1. The van der Waals surface area contributed by atoms with Gasteiger partial charge in [-0.25, -0.2) is 13.1 Å². The molecule has 0 unspecified atom stereocenters. The van der Waals surface area contributed by atoms with Crippen molar-refractivity contribution in [1.82, 2.24) is 4.72 Å². The highest BCUT2D eigenvalue weighted by atomic mass is 79.9. The van der Waals surface area contributed by atoms with Crippen LogP contribution in [-0.4, -0.2) is 20.9 Å². The van der Waals surface area contributed by atoms with Crippen LogP contribution in [0.1, 0.15) is 5.56 Å². The Balaban J connectivity index is 1.98. The second-order valence-corrected chi connectivity index (χ2v) is 7.29. The molecule has 2 aromatic rings. The molecule has 0 saturated carbocycles. The monoisotopic (exact) mass is 382 g/mol. The van der Waals surface area contributed by atoms with E-state index in [1.807, 2.05) is 19.1 Å². The van der Waals surface area contributed by atoms with Crippen molar-refractivity contribution in [2.24, 2.45) is 0 Å². The molecular formula is C15H15BrN2O3S. The third-order valence-corrected chi connectivity index (χ3v) is 4.95. The molecule has 1 amide bonds. The molecule has 116 valence electrons. The third kappa shape index (κ3) is 4.40. The summed E-state index contributed by atoms with van der Waals surface area (Å²) < 4.78 is 27.0. The first-order valence-corrected chi connectivity index (χ1v) is 8.77. The number of sulfonamides is 1. The third-order valence-electron chi connectivity index (χ3n) is 2.87. The highest BCUT2D eigenvalue weighted by molar-refractivity contribution is 9.10. The van der Waals surface area contributed by atoms with Gasteiger partial charge in [-0.2, -0.15) is 0 Å². The van der Waals surface area contributed by atoms with Crippen LogP contribution in [0.15, 0.2) is 57.9 Å². The lowest BCUT2D eigenvalue weighted by Gasteiger charge is -2.09. The van der Waals surface area contributed by atoms with Crippen molar-refractivity contribution in [2.45, 2.75) is 11.8 Å². The maximum Gasteiger partial charge on any atom is 0.241 e. The van der Waals surface area contributed by atoms with Crippen molar-refractivity contribution in [3.8, 4) is 0 Å². The molecule has 2 aromatic carbocycles. The average Bonchev–Trinajstić information content (AvgIpc) is 2.49. The Hall–Kier alpha value is -1.70. The van der Waals surface area contributed by atoms with Gasteiger partial charge in [0.1, 0.15) is 0 Å². The summed E-state index contributed by atoms with van der Waals surface area (Å²) in [6.07, 6.45) is 0. The fraction of sp³-hybridized carbons (Fsp3) is 0.133. The van der Waals surface area contributed by atoms with Crippen LogP contribution in [0.3, 0.4) is 0 Å². The first-order valence-electron chi connectivity index (χ1n) is 6.49. The van der Waals surface area contributed by atoms with E-state index in [0.29, 0.717) is 5.69 Å². The van der Waals surface area contributed by atoms with Crippen LogP contribution in [0.2, 0.25) is 0 Å². The Kier molecular flexibility index (Phi) is 5.33. The van der Waals surface area contributed by atoms with Gasteiger partial charge in [0.15, 0.2) is 0 Å². The summed E-state index contributed by atoms with van der Waals surface area (Å²) in [5.74, 6) is -0.441. The van der Waals surface area contributed by atoms with Gasteiger partial charge >= 0.3 is 0 Å². The summed E-state index contributed by atoms with van der Waals surface area (Å²) in [7, 11) is -3.69. The van der Waals surface area contributed by atoms with Crippen LogP contribution in [-0.2, 0) is 14.8 Å². The van der Waals surface area contributed by atoms with Gasteiger partial charge in [0.2, 0.25) is 15.9 Å². The number of aryl methyl sites for hydroxylation is 1. The van der Waals surface area contributed by atoms with E-state index < -0.39 is 15.9 Å². The zero-order chi connectivity index (χ0) is 16.2. The quantitative estimate of drug-likeness (QED) is 0.834. The van der Waals surface area contributed by atoms with Crippen LogP contribution < -0.4 is 10.0 Å². The Morgan fingerprint density at radius 3 is 2.45 bits per heavy atom. The fourth-order valence-electron chi connectivity index (χ4n) is 1.76. The first kappa shape index (κ1) is 16.7. The van der Waals surface area contributed by atoms with Gasteiger partial charge in [0.25, 0.3) is 0 Å². The Morgan fingerprint density at radius 1 is 1.14 bits per heavy atom. The molecule has 0 aliphatic heterocycles. The van der Waals surface area contributed by atoms with E-state index in [-0.39, 0.29) is 11.4 Å². The van der Waals surface area contributed by atoms with Gasteiger partial charge in [0, 0.05) is 4.47 Å². The van der Waals surface area contributed by atoms with E-state index >= 15 is 0 Å². The fourth-order valence-corrected chi connectivity index (χ4v) is 3.36. The SMILES string of the molecule is Cc1ccc(NC(=O)CNS(=O)(=O)c2ccccc2)c(Br)c1. The number of hydrogen-bond acceptors (Lipinski definition) is 3. The molecule has 0 atom stereocenters. The van der Waals surface area contributed by atoms with Gasteiger partial charge in [-0.3, -0.25) is 4.79 Å². The number of benzene rings is 2. The topological polar surface area (TPSA) is 75.3 Å². The van der Waals surface area contributed by atoms with Gasteiger partial charge in [0.05, 0.1) is 17.1 Å². The molecule has 0 saturated heterocycles. The molecule has 2 rings (SSSR count). The Labute approximate surface area is 137 Å². The summed E-state index contributed by atoms with van der Waals surface area (Å²) in [5, 5.41) is 2.65. The van der Waals surface area contributed by atoms with Crippen molar-refractivity contribution in [3.05, 3.63) is 58.6 Å². The molecule has 0 heterocycles. The van der Waals surface area contributed by atoms with E-state index in [0.717, 1.165) is 10.0 Å². The molecule has 0 fully saturated rings. The molecular weight excluding hydrogens is 368 g/mol. The van der Waals surface area contributed by atoms with Crippen LogP contribution in [0, 0.1) is 6.92 Å². The number of carbonyl (C=O) groups is 1. The Bertz CT molecular complexity index is 777. The van der Waals surface area contributed by atoms with Crippen molar-refractivity contribution < 1.29 is 13.2 Å². The number of anilines is 1. The van der Waals surface area contributed by atoms with Crippen LogP contribution >= 0.6 is 15.9 Å². The zero-order valence-corrected chi connectivity index (χ0v) is 14.2. The van der Waals surface area contributed by atoms with Gasteiger partial charge in [-0.05, 0) is 52.7 Å². The Morgan fingerprint density at radius 2 is 1.82 bits per heavy atom. The first-order chi connectivity index (χ1) is 10.4. The molecule has 0 bridgehead atoms. The lowest BCUT2D eigenvalue weighted by atomic mass is 10.2. The van der Waals surface area contributed by atoms with E-state index in [1.54, 1.807) is 24.3 Å². The van der Waals surface area contributed by atoms with Crippen LogP contribution in [0.4, 0.5) is 5.69 Å². The van der Waals surface area contributed by atoms with Crippen molar-refractivity contribution in [2.75, 3.05) is 11.9 Å². The number of rotatable bonds is 5. The van der Waals surface area contributed by atoms with Crippen molar-refractivity contribution >= 4 is 37.5 Å². The largest absolute Gasteiger partial charge is 0.324 e. The number of hydrogen-bond donors (Lipinski definition) is 2. The number of amides is 1. The molecule has 0 spiro atoms. The summed E-state index contributed by atoms with van der Waals surface area (Å²) >= 11 is 3.35. The molecule has 5 nitrogen and oxygen atoms in total. The summed E-state index contributed by atoms with van der Waals surface area (Å²) in [4.78, 5) is 12.0. The maximum atomic E-state index is 12.0. The highest BCUT2D eigenvalue weighted by Gasteiger charge is 2.15. The van der Waals surface area contributed by atoms with Gasteiger partial charge in [-0.15, -0.1) is 0 Å². The molecule has 0 aromatic heterocycles. The minimum absolute atomic E-state index is 0.124. The predicted molar refractivity (Wildman–Crippen MR) is 89.1 cm³/mol. The van der Waals surface area contributed by atoms with E-state index in [9.17, 15) is 13.2 Å². The summed E-state index contributed by atoms with van der Waals surface area (Å²) in [6, 6.07) is 13.4. The summed E-state index contributed by atoms with van der Waals surface area (Å²) in [6.45, 7) is 1.60.